The van der Waals surface area contributed by atoms with E-state index < -0.39 is 124 Å². The molecule has 0 aromatic carbocycles. The highest BCUT2D eigenvalue weighted by Crippen LogP contribution is 2.33. The van der Waals surface area contributed by atoms with Crippen molar-refractivity contribution in [3.63, 3.8) is 0 Å². The van der Waals surface area contributed by atoms with Crippen LogP contribution in [-0.2, 0) is 33.2 Å². The Hall–Kier alpha value is -2.77. The van der Waals surface area contributed by atoms with Gasteiger partial charge >= 0.3 is 0 Å². The highest BCUT2D eigenvalue weighted by atomic mass is 16.8. The molecule has 0 aromatic rings. The number of carbonyl (C=O) groups is 1. The molecule has 0 aromatic heterocycles. The van der Waals surface area contributed by atoms with Crippen molar-refractivity contribution in [3.8, 4) is 0 Å². The second-order valence-electron chi connectivity index (χ2n) is 31.0. The molecule has 17 unspecified atom stereocenters. The third kappa shape index (κ3) is 46.9. The number of allylic oxidation sites excluding steroid dienone is 11. The van der Waals surface area contributed by atoms with Gasteiger partial charge in [0.15, 0.2) is 18.9 Å². The SMILES string of the molecule is CC/C=C\C/C=C\C/C=C\C/C=C\CCCCCCCCCCCCCCCCCCCCCCCCCCCCC(=O)NC(COC1OC(CO)C(OC2OC(CO)C(OC3OC(CO)C(O)C(O)C3O)C(O)C2O)C(O)C1O)C(O)/C=C/CC/C=C/CCCCCCCCCCCCCCCCCCC. The van der Waals surface area contributed by atoms with E-state index in [2.05, 4.69) is 79.9 Å². The minimum atomic E-state index is -1.98. The Bertz CT molecular complexity index is 2210. The Morgan fingerprint density at radius 1 is 0.346 bits per heavy atom. The van der Waals surface area contributed by atoms with E-state index in [-0.39, 0.29) is 18.9 Å². The van der Waals surface area contributed by atoms with Gasteiger partial charge in [0.05, 0.1) is 38.6 Å². The first-order chi connectivity index (χ1) is 52.3. The maximum absolute atomic E-state index is 13.5. The van der Waals surface area contributed by atoms with Crippen LogP contribution in [0.4, 0.5) is 0 Å². The van der Waals surface area contributed by atoms with Crippen molar-refractivity contribution in [2.45, 2.75) is 452 Å². The summed E-state index contributed by atoms with van der Waals surface area (Å²) in [7, 11) is 0. The lowest BCUT2D eigenvalue weighted by Crippen LogP contribution is -2.66. The molecule has 3 rings (SSSR count). The number of nitrogens with one attached hydrogen (secondary N) is 1. The van der Waals surface area contributed by atoms with Gasteiger partial charge in [-0.2, -0.15) is 0 Å². The van der Waals surface area contributed by atoms with Crippen molar-refractivity contribution in [1.29, 1.82) is 0 Å². The van der Waals surface area contributed by atoms with Crippen LogP contribution < -0.4 is 5.32 Å². The number of aliphatic hydroxyl groups is 11. The van der Waals surface area contributed by atoms with Crippen LogP contribution in [0.1, 0.15) is 348 Å². The van der Waals surface area contributed by atoms with Crippen LogP contribution in [0, 0.1) is 0 Å². The van der Waals surface area contributed by atoms with Crippen molar-refractivity contribution in [3.05, 3.63) is 72.9 Å². The second kappa shape index (κ2) is 67.7. The Morgan fingerprint density at radius 2 is 0.654 bits per heavy atom. The molecule has 19 heteroatoms. The van der Waals surface area contributed by atoms with E-state index in [1.54, 1.807) is 6.08 Å². The number of ether oxygens (including phenoxy) is 6. The van der Waals surface area contributed by atoms with Crippen molar-refractivity contribution in [1.82, 2.24) is 5.32 Å². The van der Waals surface area contributed by atoms with Gasteiger partial charge in [0, 0.05) is 6.42 Å². The molecule has 624 valence electrons. The van der Waals surface area contributed by atoms with Crippen molar-refractivity contribution >= 4 is 5.91 Å². The van der Waals surface area contributed by atoms with Gasteiger partial charge in [0.1, 0.15) is 73.2 Å². The first-order valence-electron chi connectivity index (χ1n) is 43.7. The van der Waals surface area contributed by atoms with Crippen LogP contribution in [0.2, 0.25) is 0 Å². The summed E-state index contributed by atoms with van der Waals surface area (Å²) in [4.78, 5) is 13.5. The van der Waals surface area contributed by atoms with Crippen LogP contribution >= 0.6 is 0 Å². The number of rotatable bonds is 70. The predicted octanol–water partition coefficient (Wildman–Crippen LogP) is 16.0. The van der Waals surface area contributed by atoms with Gasteiger partial charge in [-0.25, -0.2) is 0 Å². The summed E-state index contributed by atoms with van der Waals surface area (Å²) >= 11 is 0. The van der Waals surface area contributed by atoms with Crippen molar-refractivity contribution in [2.75, 3.05) is 26.4 Å². The number of amides is 1. The summed E-state index contributed by atoms with van der Waals surface area (Å²) in [6, 6.07) is -0.992. The lowest BCUT2D eigenvalue weighted by Gasteiger charge is -2.48. The largest absolute Gasteiger partial charge is 0.394 e. The summed E-state index contributed by atoms with van der Waals surface area (Å²) < 4.78 is 34.5. The molecule has 107 heavy (non-hydrogen) atoms. The smallest absolute Gasteiger partial charge is 0.220 e. The number of hydrogen-bond donors (Lipinski definition) is 12. The molecule has 3 aliphatic rings. The van der Waals surface area contributed by atoms with Crippen LogP contribution in [0.5, 0.6) is 0 Å². The zero-order valence-corrected chi connectivity index (χ0v) is 67.1. The molecule has 19 nitrogen and oxygen atoms in total. The molecule has 3 fully saturated rings. The zero-order chi connectivity index (χ0) is 77.4. The van der Waals surface area contributed by atoms with Crippen molar-refractivity contribution < 1.29 is 89.4 Å². The van der Waals surface area contributed by atoms with E-state index in [1.165, 1.54) is 250 Å². The average Bonchev–Trinajstić information content (AvgIpc) is 0.781. The predicted molar refractivity (Wildman–Crippen MR) is 429 cm³/mol. The van der Waals surface area contributed by atoms with Crippen LogP contribution in [0.15, 0.2) is 72.9 Å². The third-order valence-electron chi connectivity index (χ3n) is 21.5. The van der Waals surface area contributed by atoms with Gasteiger partial charge in [-0.15, -0.1) is 0 Å². The lowest BCUT2D eigenvalue weighted by atomic mass is 9.96. The van der Waals surface area contributed by atoms with Gasteiger partial charge in [0.2, 0.25) is 5.91 Å². The normalized spacial score (nSPS) is 25.9. The van der Waals surface area contributed by atoms with Crippen LogP contribution in [-0.4, -0.2) is 193 Å². The molecule has 3 saturated heterocycles. The molecule has 3 aliphatic heterocycles. The minimum Gasteiger partial charge on any atom is -0.394 e. The van der Waals surface area contributed by atoms with Crippen molar-refractivity contribution in [2.24, 2.45) is 0 Å². The lowest BCUT2D eigenvalue weighted by molar-refractivity contribution is -0.379. The molecule has 1 amide bonds. The maximum Gasteiger partial charge on any atom is 0.220 e. The molecular formula is C88H159NO18. The minimum absolute atomic E-state index is 0.238. The Balaban J connectivity index is 1.31. The monoisotopic (exact) mass is 1520 g/mol. The van der Waals surface area contributed by atoms with Gasteiger partial charge in [-0.1, -0.05) is 344 Å². The molecule has 0 spiro atoms. The van der Waals surface area contributed by atoms with E-state index >= 15 is 0 Å². The summed E-state index contributed by atoms with van der Waals surface area (Å²) in [5.41, 5.74) is 0. The topological polar surface area (TPSA) is 307 Å². The number of unbranched alkanes of at least 4 members (excludes halogenated alkanes) is 44. The highest BCUT2D eigenvalue weighted by Gasteiger charge is 2.54. The standard InChI is InChI=1S/C88H159NO18/c1-3-5-7-9-11-13-15-17-19-21-23-25-27-28-29-30-31-32-33-34-35-36-37-38-39-40-41-42-44-46-48-50-52-54-56-58-60-62-64-66-76(94)89-71(72(93)65-63-61-59-57-55-53-51-49-47-45-43-26-24-22-20-18-16-14-12-10-8-6-4-2)70-102-86-82(100)79(97)84(74(68-91)104-86)107-88-83(101)80(98)85(75(69-92)105-88)106-87-81(99)78(96)77(95)73(67-90)103-87/h5,7,11,13,17,19,23,25,55,57,63,65,71-75,77-88,90-93,95-101H,3-4,6,8-10,12,14-16,18,20-22,24,26-54,56,58-62,64,66-70H2,1-2H3,(H,89,94)/b7-5-,13-11-,19-17-,25-23-,57-55+,65-63+. The molecular weight excluding hydrogens is 1360 g/mol. The third-order valence-corrected chi connectivity index (χ3v) is 21.5. The number of carbonyl (C=O) groups excluding carboxylic acids is 1. The maximum atomic E-state index is 13.5. The molecule has 17 atom stereocenters. The molecule has 0 bridgehead atoms. The Morgan fingerprint density at radius 3 is 1.05 bits per heavy atom. The van der Waals surface area contributed by atoms with E-state index in [4.69, 9.17) is 28.4 Å². The molecule has 3 heterocycles. The second-order valence-corrected chi connectivity index (χ2v) is 31.0. The number of aliphatic hydroxyl groups excluding tert-OH is 11. The summed E-state index contributed by atoms with van der Waals surface area (Å²) in [5, 5.41) is 121. The van der Waals surface area contributed by atoms with Gasteiger partial charge in [-0.05, 0) is 70.6 Å². The zero-order valence-electron chi connectivity index (χ0n) is 67.1. The summed E-state index contributed by atoms with van der Waals surface area (Å²) in [5.74, 6) is -0.279. The van der Waals surface area contributed by atoms with Crippen LogP contribution in [0.3, 0.4) is 0 Å². The molecule has 12 N–H and O–H groups in total. The number of hydrogen-bond acceptors (Lipinski definition) is 18. The van der Waals surface area contributed by atoms with Gasteiger partial charge < -0.3 is 89.9 Å². The van der Waals surface area contributed by atoms with Gasteiger partial charge in [-0.3, -0.25) is 4.79 Å². The van der Waals surface area contributed by atoms with E-state index in [1.807, 2.05) is 6.08 Å². The molecule has 0 radical (unpaired) electrons. The highest BCUT2D eigenvalue weighted by molar-refractivity contribution is 5.76. The average molecular weight is 1520 g/mol. The molecule has 0 saturated carbocycles. The van der Waals surface area contributed by atoms with E-state index in [9.17, 15) is 61.0 Å². The fourth-order valence-corrected chi connectivity index (χ4v) is 14.6. The fraction of sp³-hybridized carbons (Fsp3) is 0.852. The fourth-order valence-electron chi connectivity index (χ4n) is 14.6. The van der Waals surface area contributed by atoms with Gasteiger partial charge in [0.25, 0.3) is 0 Å². The van der Waals surface area contributed by atoms with Crippen LogP contribution in [0.25, 0.3) is 0 Å². The first-order valence-corrected chi connectivity index (χ1v) is 43.7. The molecule has 0 aliphatic carbocycles. The Labute approximate surface area is 648 Å². The Kier molecular flexibility index (Phi) is 62.3. The summed E-state index contributed by atoms with van der Waals surface area (Å²) in [6.45, 7) is 1.65. The first kappa shape index (κ1) is 98.4. The van der Waals surface area contributed by atoms with E-state index in [0.29, 0.717) is 12.8 Å². The van der Waals surface area contributed by atoms with E-state index in [0.717, 1.165) is 64.2 Å². The quantitative estimate of drug-likeness (QED) is 0.0199. The summed E-state index contributed by atoms with van der Waals surface area (Å²) in [6.07, 6.45) is 63.5.